The summed E-state index contributed by atoms with van der Waals surface area (Å²) in [6, 6.07) is 14.0. The highest BCUT2D eigenvalue weighted by Gasteiger charge is 2.23. The smallest absolute Gasteiger partial charge is 0.231 e. The molecule has 0 atom stereocenters. The van der Waals surface area contributed by atoms with E-state index in [1.165, 1.54) is 5.56 Å². The van der Waals surface area contributed by atoms with E-state index in [1.54, 1.807) is 0 Å². The van der Waals surface area contributed by atoms with Crippen LogP contribution in [-0.4, -0.2) is 19.2 Å². The van der Waals surface area contributed by atoms with Crippen LogP contribution in [0, 0.1) is 0 Å². The standard InChI is InChI=1S/C18H17NO3/c20-18(19-10-9-14-3-1-2-4-15(14)19)8-6-13-5-7-16-17(11-13)22-12-21-16/h1-5,7,11H,6,8-10,12H2. The third-order valence-corrected chi connectivity index (χ3v) is 4.25. The van der Waals surface area contributed by atoms with Crippen LogP contribution in [-0.2, 0) is 17.6 Å². The average molecular weight is 295 g/mol. The number of carbonyl (C=O) groups excluding carboxylic acids is 1. The molecule has 4 nitrogen and oxygen atoms in total. The van der Waals surface area contributed by atoms with Crippen molar-refractivity contribution in [2.75, 3.05) is 18.2 Å². The zero-order chi connectivity index (χ0) is 14.9. The van der Waals surface area contributed by atoms with Crippen molar-refractivity contribution in [3.8, 4) is 11.5 Å². The van der Waals surface area contributed by atoms with Gasteiger partial charge in [-0.05, 0) is 42.2 Å². The van der Waals surface area contributed by atoms with Gasteiger partial charge in [0.2, 0.25) is 12.7 Å². The molecule has 2 aliphatic heterocycles. The summed E-state index contributed by atoms with van der Waals surface area (Å²) in [7, 11) is 0. The Bertz CT molecular complexity index is 726. The van der Waals surface area contributed by atoms with Crippen molar-refractivity contribution in [3.63, 3.8) is 0 Å². The zero-order valence-electron chi connectivity index (χ0n) is 12.2. The maximum atomic E-state index is 12.5. The van der Waals surface area contributed by atoms with Crippen molar-refractivity contribution in [2.45, 2.75) is 19.3 Å². The minimum Gasteiger partial charge on any atom is -0.454 e. The Kier molecular flexibility index (Phi) is 3.22. The van der Waals surface area contributed by atoms with Gasteiger partial charge in [0.25, 0.3) is 0 Å². The molecule has 0 aromatic heterocycles. The lowest BCUT2D eigenvalue weighted by Gasteiger charge is -2.17. The molecule has 0 unspecified atom stereocenters. The average Bonchev–Trinajstić information content (AvgIpc) is 3.18. The maximum absolute atomic E-state index is 12.5. The van der Waals surface area contributed by atoms with Gasteiger partial charge >= 0.3 is 0 Å². The summed E-state index contributed by atoms with van der Waals surface area (Å²) in [6.07, 6.45) is 2.17. The van der Waals surface area contributed by atoms with Crippen LogP contribution in [0.3, 0.4) is 0 Å². The van der Waals surface area contributed by atoms with Crippen LogP contribution >= 0.6 is 0 Å². The largest absolute Gasteiger partial charge is 0.454 e. The number of fused-ring (bicyclic) bond motifs is 2. The first-order valence-corrected chi connectivity index (χ1v) is 7.58. The topological polar surface area (TPSA) is 38.8 Å². The Hall–Kier alpha value is -2.49. The first kappa shape index (κ1) is 13.2. The van der Waals surface area contributed by atoms with E-state index in [2.05, 4.69) is 6.07 Å². The highest BCUT2D eigenvalue weighted by atomic mass is 16.7. The van der Waals surface area contributed by atoms with E-state index in [0.29, 0.717) is 12.8 Å². The van der Waals surface area contributed by atoms with Crippen LogP contribution < -0.4 is 14.4 Å². The van der Waals surface area contributed by atoms with E-state index in [9.17, 15) is 4.79 Å². The molecule has 0 saturated heterocycles. The summed E-state index contributed by atoms with van der Waals surface area (Å²) in [5, 5.41) is 0. The molecular weight excluding hydrogens is 278 g/mol. The number of benzene rings is 2. The fourth-order valence-electron chi connectivity index (χ4n) is 3.08. The zero-order valence-corrected chi connectivity index (χ0v) is 12.2. The molecule has 22 heavy (non-hydrogen) atoms. The SMILES string of the molecule is O=C(CCc1ccc2c(c1)OCO2)N1CCc2ccccc21. The fourth-order valence-corrected chi connectivity index (χ4v) is 3.08. The van der Waals surface area contributed by atoms with Crippen LogP contribution in [0.2, 0.25) is 0 Å². The molecule has 0 radical (unpaired) electrons. The van der Waals surface area contributed by atoms with E-state index in [-0.39, 0.29) is 12.7 Å². The molecule has 4 heteroatoms. The predicted octanol–water partition coefficient (Wildman–Crippen LogP) is 2.94. The lowest BCUT2D eigenvalue weighted by atomic mass is 10.1. The van der Waals surface area contributed by atoms with Crippen molar-refractivity contribution < 1.29 is 14.3 Å². The third kappa shape index (κ3) is 2.30. The molecule has 0 bridgehead atoms. The number of hydrogen-bond donors (Lipinski definition) is 0. The number of amides is 1. The summed E-state index contributed by atoms with van der Waals surface area (Å²) in [4.78, 5) is 14.4. The van der Waals surface area contributed by atoms with Crippen LogP contribution in [0.15, 0.2) is 42.5 Å². The highest BCUT2D eigenvalue weighted by Crippen LogP contribution is 2.33. The summed E-state index contributed by atoms with van der Waals surface area (Å²) >= 11 is 0. The number of para-hydroxylation sites is 1. The van der Waals surface area contributed by atoms with Gasteiger partial charge in [-0.15, -0.1) is 0 Å². The van der Waals surface area contributed by atoms with Crippen molar-refractivity contribution >= 4 is 11.6 Å². The first-order chi connectivity index (χ1) is 10.8. The molecule has 2 heterocycles. The van der Waals surface area contributed by atoms with Gasteiger partial charge in [-0.1, -0.05) is 24.3 Å². The van der Waals surface area contributed by atoms with Crippen molar-refractivity contribution in [1.29, 1.82) is 0 Å². The van der Waals surface area contributed by atoms with Crippen molar-refractivity contribution in [1.82, 2.24) is 0 Å². The van der Waals surface area contributed by atoms with Gasteiger partial charge in [0, 0.05) is 18.7 Å². The quantitative estimate of drug-likeness (QED) is 0.874. The number of carbonyl (C=O) groups is 1. The van der Waals surface area contributed by atoms with Crippen molar-refractivity contribution in [2.24, 2.45) is 0 Å². The second-order valence-corrected chi connectivity index (χ2v) is 5.61. The molecule has 1 amide bonds. The molecule has 112 valence electrons. The molecule has 2 aromatic carbocycles. The third-order valence-electron chi connectivity index (χ3n) is 4.25. The van der Waals surface area contributed by atoms with Gasteiger partial charge in [0.05, 0.1) is 0 Å². The van der Waals surface area contributed by atoms with Gasteiger partial charge in [0.15, 0.2) is 11.5 Å². The van der Waals surface area contributed by atoms with Gasteiger partial charge in [-0.2, -0.15) is 0 Å². The second kappa shape index (κ2) is 5.37. The minimum absolute atomic E-state index is 0.183. The van der Waals surface area contributed by atoms with E-state index >= 15 is 0 Å². The predicted molar refractivity (Wildman–Crippen MR) is 83.4 cm³/mol. The van der Waals surface area contributed by atoms with E-state index in [0.717, 1.165) is 35.7 Å². The minimum atomic E-state index is 0.183. The molecule has 0 N–H and O–H groups in total. The maximum Gasteiger partial charge on any atom is 0.231 e. The summed E-state index contributed by atoms with van der Waals surface area (Å²) in [5.41, 5.74) is 3.43. The monoisotopic (exact) mass is 295 g/mol. The number of anilines is 1. The Labute approximate surface area is 129 Å². The van der Waals surface area contributed by atoms with Gasteiger partial charge in [-0.25, -0.2) is 0 Å². The fraction of sp³-hybridized carbons (Fsp3) is 0.278. The Morgan fingerprint density at radius 1 is 1.09 bits per heavy atom. The second-order valence-electron chi connectivity index (χ2n) is 5.61. The van der Waals surface area contributed by atoms with E-state index in [4.69, 9.17) is 9.47 Å². The molecule has 0 saturated carbocycles. The number of ether oxygens (including phenoxy) is 2. The highest BCUT2D eigenvalue weighted by molar-refractivity contribution is 5.95. The molecule has 4 rings (SSSR count). The number of hydrogen-bond acceptors (Lipinski definition) is 3. The number of nitrogens with zero attached hydrogens (tertiary/aromatic N) is 1. The van der Waals surface area contributed by atoms with Crippen LogP contribution in [0.4, 0.5) is 5.69 Å². The van der Waals surface area contributed by atoms with Crippen LogP contribution in [0.1, 0.15) is 17.5 Å². The summed E-state index contributed by atoms with van der Waals surface area (Å²) in [5.74, 6) is 1.74. The molecule has 0 fully saturated rings. The molecule has 0 aliphatic carbocycles. The number of rotatable bonds is 3. The molecule has 2 aromatic rings. The molecular formula is C18H17NO3. The van der Waals surface area contributed by atoms with Gasteiger partial charge < -0.3 is 14.4 Å². The molecule has 0 spiro atoms. The Morgan fingerprint density at radius 2 is 1.95 bits per heavy atom. The molecule has 2 aliphatic rings. The normalized spacial score (nSPS) is 15.0. The van der Waals surface area contributed by atoms with Gasteiger partial charge in [-0.3, -0.25) is 4.79 Å². The van der Waals surface area contributed by atoms with Crippen LogP contribution in [0.25, 0.3) is 0 Å². The first-order valence-electron chi connectivity index (χ1n) is 7.58. The van der Waals surface area contributed by atoms with Crippen LogP contribution in [0.5, 0.6) is 11.5 Å². The Morgan fingerprint density at radius 3 is 2.91 bits per heavy atom. The summed E-state index contributed by atoms with van der Waals surface area (Å²) in [6.45, 7) is 1.07. The lowest BCUT2D eigenvalue weighted by molar-refractivity contribution is -0.118. The van der Waals surface area contributed by atoms with E-state index in [1.807, 2.05) is 41.3 Å². The lowest BCUT2D eigenvalue weighted by Crippen LogP contribution is -2.29. The van der Waals surface area contributed by atoms with Crippen molar-refractivity contribution in [3.05, 3.63) is 53.6 Å². The number of aryl methyl sites for hydroxylation is 1. The van der Waals surface area contributed by atoms with E-state index < -0.39 is 0 Å². The Balaban J connectivity index is 1.43. The van der Waals surface area contributed by atoms with Gasteiger partial charge in [0.1, 0.15) is 0 Å². The summed E-state index contributed by atoms with van der Waals surface area (Å²) < 4.78 is 10.7.